The number of likely N-dealkylation sites (tertiary alicyclic amines) is 1. The summed E-state index contributed by atoms with van der Waals surface area (Å²) in [6, 6.07) is 15.0. The summed E-state index contributed by atoms with van der Waals surface area (Å²) in [6.45, 7) is 3.28. The van der Waals surface area contributed by atoms with Crippen LogP contribution in [0.3, 0.4) is 0 Å². The van der Waals surface area contributed by atoms with E-state index in [-0.39, 0.29) is 11.9 Å². The number of nitrogens with one attached hydrogen (secondary N) is 2. The van der Waals surface area contributed by atoms with E-state index >= 15 is 0 Å². The van der Waals surface area contributed by atoms with E-state index in [4.69, 9.17) is 0 Å². The van der Waals surface area contributed by atoms with Crippen LogP contribution in [0.2, 0.25) is 0 Å². The molecule has 6 nitrogen and oxygen atoms in total. The van der Waals surface area contributed by atoms with Gasteiger partial charge in [0, 0.05) is 13.1 Å². The third-order valence-electron chi connectivity index (χ3n) is 6.91. The van der Waals surface area contributed by atoms with Crippen LogP contribution in [0.1, 0.15) is 72.5 Å². The number of hydrogen-bond donors (Lipinski definition) is 2. The fourth-order valence-electron chi connectivity index (χ4n) is 5.08. The smallest absolute Gasteiger partial charge is 0.313 e. The van der Waals surface area contributed by atoms with Gasteiger partial charge in [0.05, 0.1) is 17.3 Å². The third kappa shape index (κ3) is 5.44. The highest BCUT2D eigenvalue weighted by Crippen LogP contribution is 2.34. The Hall–Kier alpha value is -3.15. The van der Waals surface area contributed by atoms with Gasteiger partial charge in [0.15, 0.2) is 0 Å². The topological polar surface area (TPSA) is 78.5 Å². The zero-order chi connectivity index (χ0) is 23.2. The van der Waals surface area contributed by atoms with Crippen molar-refractivity contribution in [1.82, 2.24) is 10.2 Å². The highest BCUT2D eigenvalue weighted by atomic mass is 16.2. The summed E-state index contributed by atoms with van der Waals surface area (Å²) in [5.41, 5.74) is 2.63. The maximum absolute atomic E-state index is 13.0. The Balaban J connectivity index is 1.51. The van der Waals surface area contributed by atoms with Gasteiger partial charge in [0.2, 0.25) is 0 Å². The summed E-state index contributed by atoms with van der Waals surface area (Å²) in [4.78, 5) is 40.8. The molecule has 0 bridgehead atoms. The maximum Gasteiger partial charge on any atom is 0.313 e. The molecule has 2 aliphatic rings. The summed E-state index contributed by atoms with van der Waals surface area (Å²) >= 11 is 0. The molecule has 1 saturated carbocycles. The molecule has 6 heteroatoms. The van der Waals surface area contributed by atoms with Gasteiger partial charge in [-0.15, -0.1) is 0 Å². The number of para-hydroxylation sites is 1. The van der Waals surface area contributed by atoms with Gasteiger partial charge < -0.3 is 15.5 Å². The average molecular weight is 448 g/mol. The van der Waals surface area contributed by atoms with Crippen LogP contribution in [0.4, 0.5) is 5.69 Å². The first-order chi connectivity index (χ1) is 16.0. The van der Waals surface area contributed by atoms with E-state index in [0.717, 1.165) is 62.7 Å². The number of nitrogens with zero attached hydrogens (tertiary/aromatic N) is 1. The number of carbonyl (C=O) groups excluding carboxylic acids is 3. The van der Waals surface area contributed by atoms with Gasteiger partial charge in [-0.2, -0.15) is 0 Å². The first-order valence-corrected chi connectivity index (χ1v) is 12.1. The van der Waals surface area contributed by atoms with Crippen molar-refractivity contribution in [3.05, 3.63) is 65.2 Å². The molecule has 2 aromatic carbocycles. The number of aryl methyl sites for hydroxylation is 1. The molecule has 2 fully saturated rings. The van der Waals surface area contributed by atoms with Crippen LogP contribution in [0.15, 0.2) is 48.5 Å². The van der Waals surface area contributed by atoms with Crippen molar-refractivity contribution < 1.29 is 14.4 Å². The van der Waals surface area contributed by atoms with E-state index in [1.165, 1.54) is 6.42 Å². The number of amides is 3. The number of anilines is 1. The van der Waals surface area contributed by atoms with Crippen molar-refractivity contribution in [2.45, 2.75) is 57.9 Å². The molecule has 174 valence electrons. The van der Waals surface area contributed by atoms with Crippen LogP contribution in [0.5, 0.6) is 0 Å². The number of benzene rings is 2. The second-order valence-corrected chi connectivity index (χ2v) is 9.21. The molecule has 0 spiro atoms. The normalized spacial score (nSPS) is 17.4. The van der Waals surface area contributed by atoms with E-state index < -0.39 is 11.8 Å². The zero-order valence-electron chi connectivity index (χ0n) is 19.3. The highest BCUT2D eigenvalue weighted by molar-refractivity contribution is 6.40. The van der Waals surface area contributed by atoms with E-state index in [1.807, 2.05) is 49.4 Å². The van der Waals surface area contributed by atoms with Gasteiger partial charge in [-0.05, 0) is 55.7 Å². The van der Waals surface area contributed by atoms with Crippen molar-refractivity contribution in [2.75, 3.05) is 18.4 Å². The lowest BCUT2D eigenvalue weighted by Crippen LogP contribution is -2.41. The standard InChI is InChI=1S/C27H33N3O3/c1-19-11-10-16-22(27(33)30-17-8-9-18-30)23(19)28-25(31)26(32)29-24(20-12-4-2-5-13-20)21-14-6-3-7-15-21/h2,4-5,10-13,16,21,24H,3,6-9,14-15,17-18H2,1H3,(H,28,31)(H,29,32). The lowest BCUT2D eigenvalue weighted by molar-refractivity contribution is -0.137. The van der Waals surface area contributed by atoms with E-state index in [1.54, 1.807) is 11.0 Å². The van der Waals surface area contributed by atoms with Crippen molar-refractivity contribution in [1.29, 1.82) is 0 Å². The Morgan fingerprint density at radius 2 is 1.55 bits per heavy atom. The van der Waals surface area contributed by atoms with Crippen LogP contribution in [0.25, 0.3) is 0 Å². The van der Waals surface area contributed by atoms with Crippen LogP contribution in [-0.2, 0) is 9.59 Å². The predicted octanol–water partition coefficient (Wildman–Crippen LogP) is 4.61. The minimum absolute atomic E-state index is 0.101. The Morgan fingerprint density at radius 1 is 0.848 bits per heavy atom. The van der Waals surface area contributed by atoms with Crippen LogP contribution in [0, 0.1) is 12.8 Å². The molecule has 1 unspecified atom stereocenters. The fourth-order valence-corrected chi connectivity index (χ4v) is 5.08. The lowest BCUT2D eigenvalue weighted by Gasteiger charge is -2.31. The number of hydrogen-bond acceptors (Lipinski definition) is 3. The Kier molecular flexibility index (Phi) is 7.43. The molecule has 0 aromatic heterocycles. The molecule has 1 saturated heterocycles. The SMILES string of the molecule is Cc1cccc(C(=O)N2CCCC2)c1NC(=O)C(=O)NC(c1ccccc1)C1CCCCC1. The molecule has 33 heavy (non-hydrogen) atoms. The minimum Gasteiger partial charge on any atom is -0.341 e. The molecule has 2 aromatic rings. The van der Waals surface area contributed by atoms with Crippen molar-refractivity contribution in [3.8, 4) is 0 Å². The van der Waals surface area contributed by atoms with Crippen LogP contribution >= 0.6 is 0 Å². The Bertz CT molecular complexity index is 993. The minimum atomic E-state index is -0.739. The summed E-state index contributed by atoms with van der Waals surface area (Å²) in [6.07, 6.45) is 7.55. The first-order valence-electron chi connectivity index (χ1n) is 12.1. The van der Waals surface area contributed by atoms with Gasteiger partial charge in [-0.3, -0.25) is 14.4 Å². The maximum atomic E-state index is 13.0. The summed E-state index contributed by atoms with van der Waals surface area (Å²) in [5, 5.41) is 5.74. The third-order valence-corrected chi connectivity index (χ3v) is 6.91. The van der Waals surface area contributed by atoms with E-state index in [2.05, 4.69) is 10.6 Å². The molecule has 1 heterocycles. The molecular weight excluding hydrogens is 414 g/mol. The Labute approximate surface area is 195 Å². The first kappa shape index (κ1) is 23.0. The van der Waals surface area contributed by atoms with Gasteiger partial charge in [0.1, 0.15) is 0 Å². The molecule has 1 aliphatic carbocycles. The van der Waals surface area contributed by atoms with Gasteiger partial charge in [0.25, 0.3) is 5.91 Å². The lowest BCUT2D eigenvalue weighted by atomic mass is 9.81. The summed E-state index contributed by atoms with van der Waals surface area (Å²) < 4.78 is 0. The molecule has 2 N–H and O–H groups in total. The summed E-state index contributed by atoms with van der Waals surface area (Å²) in [5.74, 6) is -1.20. The Morgan fingerprint density at radius 3 is 2.24 bits per heavy atom. The molecular formula is C27H33N3O3. The molecule has 4 rings (SSSR count). The van der Waals surface area contributed by atoms with Gasteiger partial charge >= 0.3 is 11.8 Å². The van der Waals surface area contributed by atoms with Crippen molar-refractivity contribution in [3.63, 3.8) is 0 Å². The molecule has 1 aliphatic heterocycles. The molecule has 1 atom stereocenters. The van der Waals surface area contributed by atoms with Gasteiger partial charge in [-0.25, -0.2) is 0 Å². The summed E-state index contributed by atoms with van der Waals surface area (Å²) in [7, 11) is 0. The van der Waals surface area contributed by atoms with Crippen molar-refractivity contribution >= 4 is 23.4 Å². The fraction of sp³-hybridized carbons (Fsp3) is 0.444. The van der Waals surface area contributed by atoms with Crippen molar-refractivity contribution in [2.24, 2.45) is 5.92 Å². The number of carbonyl (C=O) groups is 3. The quantitative estimate of drug-likeness (QED) is 0.657. The van der Waals surface area contributed by atoms with Gasteiger partial charge in [-0.1, -0.05) is 61.7 Å². The second-order valence-electron chi connectivity index (χ2n) is 9.21. The average Bonchev–Trinajstić information content (AvgIpc) is 3.39. The largest absolute Gasteiger partial charge is 0.341 e. The number of rotatable bonds is 5. The molecule has 3 amide bonds. The highest BCUT2D eigenvalue weighted by Gasteiger charge is 2.29. The second kappa shape index (κ2) is 10.6. The molecule has 0 radical (unpaired) electrons. The van der Waals surface area contributed by atoms with Crippen LogP contribution in [-0.4, -0.2) is 35.7 Å². The predicted molar refractivity (Wildman–Crippen MR) is 129 cm³/mol. The zero-order valence-corrected chi connectivity index (χ0v) is 19.3. The monoisotopic (exact) mass is 447 g/mol. The van der Waals surface area contributed by atoms with E-state index in [0.29, 0.717) is 17.2 Å². The van der Waals surface area contributed by atoms with Crippen LogP contribution < -0.4 is 10.6 Å². The van der Waals surface area contributed by atoms with E-state index in [9.17, 15) is 14.4 Å².